The van der Waals surface area contributed by atoms with Crippen LogP contribution in [0.15, 0.2) is 24.3 Å². The van der Waals surface area contributed by atoms with Crippen LogP contribution in [-0.4, -0.2) is 297 Å². The van der Waals surface area contributed by atoms with Crippen LogP contribution >= 0.6 is 0 Å². The highest BCUT2D eigenvalue weighted by Crippen LogP contribution is 2.30. The average molecular weight is 1260 g/mol. The molecular formula is C64H106O24. The molecule has 506 valence electrons. The molecule has 24 heteroatoms. The topological polar surface area (TPSA) is 261 Å². The van der Waals surface area contributed by atoms with Crippen LogP contribution in [-0.2, 0) is 104 Å². The Bertz CT molecular complexity index is 1810. The van der Waals surface area contributed by atoms with E-state index in [0.29, 0.717) is 121 Å². The molecule has 1 saturated carbocycles. The first-order valence-corrected chi connectivity index (χ1v) is 32.8. The van der Waals surface area contributed by atoms with Gasteiger partial charge in [0.25, 0.3) is 0 Å². The molecule has 12 heterocycles. The molecule has 12 aliphatic heterocycles. The van der Waals surface area contributed by atoms with Gasteiger partial charge >= 0.3 is 0 Å². The Hall–Kier alpha value is -2.06. The van der Waals surface area contributed by atoms with E-state index in [0.717, 1.165) is 195 Å². The summed E-state index contributed by atoms with van der Waals surface area (Å²) in [6, 6.07) is 7.66. The lowest BCUT2D eigenvalue weighted by atomic mass is 9.83. The number of benzene rings is 1. The molecule has 13 unspecified atom stereocenters. The molecule has 0 radical (unpaired) electrons. The first-order valence-electron chi connectivity index (χ1n) is 32.8. The van der Waals surface area contributed by atoms with Gasteiger partial charge in [0.2, 0.25) is 0 Å². The third-order valence-corrected chi connectivity index (χ3v) is 15.0. The Labute approximate surface area is 521 Å². The van der Waals surface area contributed by atoms with Gasteiger partial charge in [-0.1, -0.05) is 19.9 Å². The number of ether oxygens (including phenoxy) is 24. The van der Waals surface area contributed by atoms with Crippen LogP contribution in [0.2, 0.25) is 0 Å². The Kier molecular flexibility index (Phi) is 32.1. The largest absolute Gasteiger partial charge is 0.491 e. The predicted molar refractivity (Wildman–Crippen MR) is 316 cm³/mol. The number of rotatable bonds is 45. The Morgan fingerprint density at radius 2 is 0.636 bits per heavy atom. The van der Waals surface area contributed by atoms with Crippen molar-refractivity contribution in [2.45, 2.75) is 139 Å². The second-order valence-corrected chi connectivity index (χ2v) is 25.4. The van der Waals surface area contributed by atoms with Crippen molar-refractivity contribution in [2.75, 3.05) is 218 Å². The molecule has 13 aliphatic rings. The molecule has 1 aliphatic carbocycles. The van der Waals surface area contributed by atoms with Crippen molar-refractivity contribution < 1.29 is 114 Å². The molecule has 13 fully saturated rings. The van der Waals surface area contributed by atoms with Gasteiger partial charge in [0.15, 0.2) is 0 Å². The second-order valence-electron chi connectivity index (χ2n) is 25.4. The van der Waals surface area contributed by atoms with Crippen LogP contribution in [0.1, 0.15) is 59.3 Å². The summed E-state index contributed by atoms with van der Waals surface area (Å²) in [5, 5.41) is 0. The van der Waals surface area contributed by atoms with Gasteiger partial charge in [0.1, 0.15) is 98.0 Å². The van der Waals surface area contributed by atoms with Gasteiger partial charge in [-0.3, -0.25) is 0 Å². The molecule has 13 atom stereocenters. The van der Waals surface area contributed by atoms with Crippen LogP contribution in [0, 0.1) is 17.3 Å². The highest BCUT2D eigenvalue weighted by molar-refractivity contribution is 5.33. The van der Waals surface area contributed by atoms with E-state index in [2.05, 4.69) is 13.8 Å². The predicted octanol–water partition coefficient (Wildman–Crippen LogP) is 4.33. The SMILES string of the molecule is C(CCOCC1CO1)COCC1CO1.C(COCC1CO1)OCC1CO1.C1CC(COCC2CO2)CCC1COCC1CO1.CC(C)(COCC1CO1)COCC1CO1.CC(COCC1CO1)OCC1CO1.c1cc(OCC2CO2)cc(OCC2CO2)c1. The van der Waals surface area contributed by atoms with Crippen LogP contribution in [0.25, 0.3) is 0 Å². The zero-order chi connectivity index (χ0) is 60.7. The van der Waals surface area contributed by atoms with E-state index in [1.165, 1.54) is 25.7 Å². The lowest BCUT2D eigenvalue weighted by molar-refractivity contribution is -0.0146. The highest BCUT2D eigenvalue weighted by Gasteiger charge is 2.31. The lowest BCUT2D eigenvalue weighted by Gasteiger charge is -2.28. The molecule has 1 aromatic rings. The highest BCUT2D eigenvalue weighted by atomic mass is 16.7. The minimum Gasteiger partial charge on any atom is -0.491 e. The summed E-state index contributed by atoms with van der Waals surface area (Å²) in [6.07, 6.45) is 11.7. The third kappa shape index (κ3) is 39.5. The molecule has 1 aromatic carbocycles. The van der Waals surface area contributed by atoms with E-state index < -0.39 is 0 Å². The van der Waals surface area contributed by atoms with Crippen molar-refractivity contribution in [3.63, 3.8) is 0 Å². The fraction of sp³-hybridized carbons (Fsp3) is 0.906. The van der Waals surface area contributed by atoms with E-state index >= 15 is 0 Å². The van der Waals surface area contributed by atoms with E-state index in [-0.39, 0.29) is 23.7 Å². The van der Waals surface area contributed by atoms with Crippen LogP contribution in [0.3, 0.4) is 0 Å². The van der Waals surface area contributed by atoms with Crippen molar-refractivity contribution >= 4 is 0 Å². The van der Waals surface area contributed by atoms with Crippen molar-refractivity contribution in [1.82, 2.24) is 0 Å². The van der Waals surface area contributed by atoms with E-state index in [9.17, 15) is 0 Å². The van der Waals surface area contributed by atoms with Crippen LogP contribution in [0.5, 0.6) is 11.5 Å². The van der Waals surface area contributed by atoms with Gasteiger partial charge in [-0.25, -0.2) is 0 Å². The quantitative estimate of drug-likeness (QED) is 0.0650. The number of unbranched alkanes of at least 4 members (excludes halogenated alkanes) is 1. The van der Waals surface area contributed by atoms with Gasteiger partial charge in [-0.2, -0.15) is 0 Å². The summed E-state index contributed by atoms with van der Waals surface area (Å²) in [4.78, 5) is 0. The van der Waals surface area contributed by atoms with Crippen molar-refractivity contribution in [3.8, 4) is 11.5 Å². The fourth-order valence-corrected chi connectivity index (χ4v) is 8.35. The first-order chi connectivity index (χ1) is 43.2. The monoisotopic (exact) mass is 1260 g/mol. The summed E-state index contributed by atoms with van der Waals surface area (Å²) in [6.45, 7) is 32.1. The third-order valence-electron chi connectivity index (χ3n) is 15.0. The zero-order valence-corrected chi connectivity index (χ0v) is 52.8. The number of hydrogen-bond acceptors (Lipinski definition) is 24. The maximum atomic E-state index is 5.68. The maximum Gasteiger partial charge on any atom is 0.123 e. The molecule has 0 amide bonds. The summed E-state index contributed by atoms with van der Waals surface area (Å²) in [5.41, 5.74) is 0.0732. The van der Waals surface area contributed by atoms with Crippen molar-refractivity contribution in [2.24, 2.45) is 17.3 Å². The van der Waals surface area contributed by atoms with Crippen LogP contribution in [0.4, 0.5) is 0 Å². The number of epoxide rings is 12. The van der Waals surface area contributed by atoms with E-state index in [1.54, 1.807) is 0 Å². The fourth-order valence-electron chi connectivity index (χ4n) is 8.35. The van der Waals surface area contributed by atoms with E-state index in [1.807, 2.05) is 31.2 Å². The molecule has 24 nitrogen and oxygen atoms in total. The maximum absolute atomic E-state index is 5.68. The molecule has 88 heavy (non-hydrogen) atoms. The number of hydrogen-bond donors (Lipinski definition) is 0. The zero-order valence-electron chi connectivity index (χ0n) is 52.8. The Balaban J connectivity index is 0.000000126. The summed E-state index contributed by atoms with van der Waals surface area (Å²) in [5.74, 6) is 3.16. The minimum atomic E-state index is 0.0732. The van der Waals surface area contributed by atoms with Gasteiger partial charge < -0.3 is 114 Å². The van der Waals surface area contributed by atoms with Crippen molar-refractivity contribution in [3.05, 3.63) is 24.3 Å². The lowest BCUT2D eigenvalue weighted by Crippen LogP contribution is -2.27. The van der Waals surface area contributed by atoms with Crippen molar-refractivity contribution in [1.29, 1.82) is 0 Å². The summed E-state index contributed by atoms with van der Waals surface area (Å²) >= 11 is 0. The van der Waals surface area contributed by atoms with Gasteiger partial charge in [-0.15, -0.1) is 0 Å². The summed E-state index contributed by atoms with van der Waals surface area (Å²) in [7, 11) is 0. The average Bonchev–Trinajstić information content (AvgIpc) is 4.38. The van der Waals surface area contributed by atoms with Gasteiger partial charge in [0.05, 0.1) is 184 Å². The molecule has 0 aromatic heterocycles. The Morgan fingerprint density at radius 1 is 0.352 bits per heavy atom. The van der Waals surface area contributed by atoms with E-state index in [4.69, 9.17) is 114 Å². The van der Waals surface area contributed by atoms with Crippen LogP contribution < -0.4 is 9.47 Å². The molecule has 0 bridgehead atoms. The molecular weight excluding hydrogens is 1150 g/mol. The second kappa shape index (κ2) is 40.2. The minimum absolute atomic E-state index is 0.0732. The molecule has 0 spiro atoms. The Morgan fingerprint density at radius 3 is 0.977 bits per heavy atom. The molecule has 0 N–H and O–H groups in total. The molecule has 14 rings (SSSR count). The smallest absolute Gasteiger partial charge is 0.123 e. The normalized spacial score (nSPS) is 31.5. The summed E-state index contributed by atoms with van der Waals surface area (Å²) < 4.78 is 126. The van der Waals surface area contributed by atoms with Gasteiger partial charge in [0, 0.05) is 37.9 Å². The standard InChI is InChI=1S/C14H24O4.C12H14O4.C11H20O4.C10H18O4.C9H16O4.C8H14O4/c1-2-12(6-16-8-14-10-18-14)4-3-11(1)5-15-7-13-9-17-13;1-2-9(13-5-11-7-15-11)4-10(3-1)14-6-12-8-16-12;1-11(2,7-12-3-9-5-14-9)8-13-4-10-6-15-10;1(3-11-5-9-7-13-9)2-4-12-6-10-8-14-10;1-7(11-4-9-6-13-9)2-10-3-8-5-12-8;1(9-3-7-5-11-7)2-10-4-8-6-12-8/h11-14H,1-10H2;1-4,11-12H,5-8H2;9-10H,3-8H2,1-2H3;9-10H,1-8H2;7-9H,2-6H2,1H3;7-8H,1-6H2. The molecule has 12 saturated heterocycles. The first kappa shape index (κ1) is 70.3. The van der Waals surface area contributed by atoms with Gasteiger partial charge in [-0.05, 0) is 69.4 Å².